The number of Topliss-reactive ketones (excluding diaryl/α,β-unsaturated/α-hetero) is 1. The molecule has 0 aromatic carbocycles. The van der Waals surface area contributed by atoms with E-state index in [2.05, 4.69) is 20.3 Å². The number of fused-ring (bicyclic) bond motifs is 4. The summed E-state index contributed by atoms with van der Waals surface area (Å²) in [6, 6.07) is 0. The lowest BCUT2D eigenvalue weighted by molar-refractivity contribution is 0.0503. The van der Waals surface area contributed by atoms with Gasteiger partial charge in [-0.3, -0.25) is 18.6 Å². The highest BCUT2D eigenvalue weighted by atomic mass is 32.3. The lowest BCUT2D eigenvalue weighted by Gasteiger charge is -2.14. The normalized spacial score (nSPS) is 13.5. The molecule has 3 N–H and O–H groups in total. The quantitative estimate of drug-likeness (QED) is 0.0536. The number of nitrogens with two attached hydrogens (primary N) is 1. The zero-order valence-corrected chi connectivity index (χ0v) is 29.9. The number of esters is 2. The highest BCUT2D eigenvalue weighted by molar-refractivity contribution is 8.13. The van der Waals surface area contributed by atoms with Crippen LogP contribution in [-0.2, 0) is 39.1 Å². The van der Waals surface area contributed by atoms with E-state index in [-0.39, 0.29) is 34.7 Å². The van der Waals surface area contributed by atoms with Crippen molar-refractivity contribution in [2.75, 3.05) is 39.8 Å². The van der Waals surface area contributed by atoms with E-state index in [4.69, 9.17) is 47.2 Å². The monoisotopic (exact) mass is 741 g/mol. The van der Waals surface area contributed by atoms with E-state index in [1.165, 1.54) is 23.5 Å². The van der Waals surface area contributed by atoms with Crippen molar-refractivity contribution < 1.29 is 50.4 Å². The smallest absolute Gasteiger partial charge is 0.360 e. The Hall–Kier alpha value is -4.31. The molecule has 2 aliphatic rings. The van der Waals surface area contributed by atoms with Gasteiger partial charge in [0.25, 0.3) is 0 Å². The average molecular weight is 742 g/mol. The van der Waals surface area contributed by atoms with Crippen LogP contribution in [0.25, 0.3) is 11.5 Å². The van der Waals surface area contributed by atoms with Crippen LogP contribution in [0.4, 0.5) is 0 Å². The molecule has 268 valence electrons. The number of nitrogens with zero attached hydrogens (tertiary/aromatic N) is 5. The molecule has 0 fully saturated rings. The number of aryl methyl sites for hydroxylation is 1. The number of carbonyl (C=O) groups excluding carboxylic acids is 3. The number of allylic oxidation sites excluding steroid dienone is 1. The Kier molecular flexibility index (Phi) is 15.9. The fraction of sp³-hybridized carbons (Fsp3) is 0.429. The molecule has 2 aliphatic carbocycles. The lowest BCUT2D eigenvalue weighted by atomic mass is 9.91. The van der Waals surface area contributed by atoms with Crippen LogP contribution in [-0.4, -0.2) is 105 Å². The molecule has 0 spiro atoms. The number of amidine groups is 1. The molecule has 0 unspecified atom stereocenters. The number of rotatable bonds is 6. The van der Waals surface area contributed by atoms with Crippen molar-refractivity contribution in [2.45, 2.75) is 44.7 Å². The summed E-state index contributed by atoms with van der Waals surface area (Å²) in [7, 11) is -1.47. The number of thioether (sulfide) groups is 2. The van der Waals surface area contributed by atoms with Crippen LogP contribution in [0.3, 0.4) is 0 Å². The fourth-order valence-electron chi connectivity index (χ4n) is 4.25. The first-order chi connectivity index (χ1) is 23.1. The van der Waals surface area contributed by atoms with Gasteiger partial charge in [0.2, 0.25) is 11.5 Å². The van der Waals surface area contributed by atoms with E-state index in [1.807, 2.05) is 26.5 Å². The third-order valence-corrected chi connectivity index (χ3v) is 7.18. The zero-order chi connectivity index (χ0) is 36.9. The van der Waals surface area contributed by atoms with Gasteiger partial charge in [-0.2, -0.15) is 0 Å². The summed E-state index contributed by atoms with van der Waals surface area (Å²) >= 11 is 2.70. The number of aromatic nitrogens is 4. The first kappa shape index (κ1) is 40.9. The second-order valence-corrected chi connectivity index (χ2v) is 12.2. The minimum Gasteiger partial charge on any atom is -0.759 e. The highest BCUT2D eigenvalue weighted by Gasteiger charge is 2.33. The third kappa shape index (κ3) is 12.3. The Morgan fingerprint density at radius 3 is 1.96 bits per heavy atom. The van der Waals surface area contributed by atoms with Gasteiger partial charge in [-0.05, 0) is 52.0 Å². The summed E-state index contributed by atoms with van der Waals surface area (Å²) in [5.41, 5.74) is 8.96. The summed E-state index contributed by atoms with van der Waals surface area (Å²) in [6.07, 6.45) is 9.82. The number of nitrogens with one attached hydrogen (secondary N) is 1. The molecule has 0 amide bonds. The van der Waals surface area contributed by atoms with Gasteiger partial charge in [-0.1, -0.05) is 33.8 Å². The first-order valence-corrected chi connectivity index (χ1v) is 18.0. The van der Waals surface area contributed by atoms with Crippen LogP contribution in [0.15, 0.2) is 32.2 Å². The van der Waals surface area contributed by atoms with Gasteiger partial charge in [0.1, 0.15) is 5.69 Å². The lowest BCUT2D eigenvalue weighted by Crippen LogP contribution is -2.17. The predicted molar refractivity (Wildman–Crippen MR) is 175 cm³/mol. The minimum atomic E-state index is -5.17. The van der Waals surface area contributed by atoms with Crippen LogP contribution in [0.5, 0.6) is 0 Å². The standard InChI is InChI=1S/C13H13N3O3S.C13H16N2O4.C2H6N2S.H2O4S/c1-3-18-12(17)10-8-5-4-7-6-14-13(20-2)15-9(7)11(8)19-16-10;1-4-18-13(17)10-9-6-5-8(7-15(2)3)11(16)12(9)19-14-10;1-5-2(3)4;1-5(2,3)4/h6H,3-5H2,1-2H3;7H,4-6H2,1-3H3;1H3,(H3,3,4);(H2,1,2,3,4)/p-2/b;8-7+;;. The molecule has 3 aromatic rings. The van der Waals surface area contributed by atoms with Crippen molar-refractivity contribution in [1.82, 2.24) is 25.2 Å². The molecular weight excluding hydrogens is 707 g/mol. The van der Waals surface area contributed by atoms with E-state index in [0.717, 1.165) is 23.2 Å². The highest BCUT2D eigenvalue weighted by Crippen LogP contribution is 2.34. The Morgan fingerprint density at radius 1 is 1.00 bits per heavy atom. The topological polar surface area (TPSA) is 281 Å². The van der Waals surface area contributed by atoms with Crippen molar-refractivity contribution in [3.8, 4) is 11.5 Å². The van der Waals surface area contributed by atoms with Gasteiger partial charge < -0.3 is 38.3 Å². The molecule has 0 atom stereocenters. The van der Waals surface area contributed by atoms with Crippen molar-refractivity contribution in [3.63, 3.8) is 0 Å². The third-order valence-electron chi connectivity index (χ3n) is 6.17. The summed E-state index contributed by atoms with van der Waals surface area (Å²) in [6.45, 7) is 4.06. The number of carbonyl (C=O) groups is 3. The predicted octanol–water partition coefficient (Wildman–Crippen LogP) is 2.46. The second-order valence-electron chi connectivity index (χ2n) is 9.77. The Morgan fingerprint density at radius 2 is 1.49 bits per heavy atom. The van der Waals surface area contributed by atoms with Gasteiger partial charge in [0.05, 0.1) is 13.2 Å². The molecule has 0 saturated heterocycles. The van der Waals surface area contributed by atoms with Crippen molar-refractivity contribution in [2.24, 2.45) is 5.73 Å². The molecule has 18 nitrogen and oxygen atoms in total. The average Bonchev–Trinajstić information content (AvgIpc) is 3.68. The van der Waals surface area contributed by atoms with E-state index in [0.29, 0.717) is 47.9 Å². The fourth-order valence-corrected chi connectivity index (χ4v) is 4.59. The Balaban J connectivity index is 0.000000268. The van der Waals surface area contributed by atoms with Crippen molar-refractivity contribution >= 4 is 56.8 Å². The molecule has 3 aromatic heterocycles. The van der Waals surface area contributed by atoms with Crippen LogP contribution < -0.4 is 5.73 Å². The SMILES string of the molecule is CCOC(=O)c1noc2c1CC/C(=C\N(C)C)C2=O.CCOC(=O)c1noc2c1CCc1cnc(SC)nc1-2.CSC(=N)N.O=S(=O)([O-])[O-]. The van der Waals surface area contributed by atoms with E-state index in [9.17, 15) is 14.4 Å². The molecule has 0 aliphatic heterocycles. The second kappa shape index (κ2) is 19.0. The summed E-state index contributed by atoms with van der Waals surface area (Å²) in [4.78, 5) is 46.2. The van der Waals surface area contributed by atoms with Gasteiger partial charge >= 0.3 is 11.9 Å². The molecule has 0 bridgehead atoms. The number of ether oxygens (including phenoxy) is 2. The largest absolute Gasteiger partial charge is 0.759 e. The molecule has 3 heterocycles. The number of hydrogen-bond donors (Lipinski definition) is 2. The molecule has 0 radical (unpaired) electrons. The maximum absolute atomic E-state index is 12.2. The van der Waals surface area contributed by atoms with Gasteiger partial charge in [0.15, 0.2) is 27.5 Å². The first-order valence-electron chi connectivity index (χ1n) is 14.2. The maximum Gasteiger partial charge on any atom is 0.360 e. The molecule has 5 rings (SSSR count). The van der Waals surface area contributed by atoms with Gasteiger partial charge in [-0.25, -0.2) is 19.6 Å². The number of ketones is 1. The molecule has 0 saturated carbocycles. The summed E-state index contributed by atoms with van der Waals surface area (Å²) < 4.78 is 54.3. The van der Waals surface area contributed by atoms with Crippen LogP contribution >= 0.6 is 23.5 Å². The summed E-state index contributed by atoms with van der Waals surface area (Å²) in [5.74, 6) is -0.479. The zero-order valence-electron chi connectivity index (χ0n) is 27.4. The summed E-state index contributed by atoms with van der Waals surface area (Å²) in [5, 5.41) is 14.9. The van der Waals surface area contributed by atoms with Crippen LogP contribution in [0, 0.1) is 5.41 Å². The number of hydrogen-bond acceptors (Lipinski definition) is 19. The Bertz CT molecular complexity index is 1780. The van der Waals surface area contributed by atoms with Crippen LogP contribution in [0.1, 0.15) is 68.5 Å². The van der Waals surface area contributed by atoms with Gasteiger partial charge in [-0.15, -0.1) is 0 Å². The van der Waals surface area contributed by atoms with Crippen molar-refractivity contribution in [3.05, 3.63) is 51.8 Å². The van der Waals surface area contributed by atoms with Crippen molar-refractivity contribution in [1.29, 1.82) is 5.41 Å². The van der Waals surface area contributed by atoms with Crippen LogP contribution in [0.2, 0.25) is 0 Å². The minimum absolute atomic E-state index is 0.120. The van der Waals surface area contributed by atoms with Gasteiger partial charge in [0, 0.05) is 59.2 Å². The molecule has 49 heavy (non-hydrogen) atoms. The van der Waals surface area contributed by atoms with E-state index in [1.54, 1.807) is 31.2 Å². The molecule has 21 heteroatoms. The molecular formula is C28H35N7O11S3-2. The van der Waals surface area contributed by atoms with E-state index < -0.39 is 22.3 Å². The Labute approximate surface area is 290 Å². The maximum atomic E-state index is 12.2. The van der Waals surface area contributed by atoms with E-state index >= 15 is 0 Å².